The summed E-state index contributed by atoms with van der Waals surface area (Å²) in [5.74, 6) is 2.64. The third-order valence-corrected chi connectivity index (χ3v) is 16.9. The molecule has 0 radical (unpaired) electrons. The predicted octanol–water partition coefficient (Wildman–Crippen LogP) is 26.6. The molecule has 450 valence electrons. The number of hydrogen-bond donors (Lipinski definition) is 0. The largest absolute Gasteiger partial charge is 0.490 e. The molecule has 0 bridgehead atoms. The third-order valence-electron chi connectivity index (χ3n) is 16.9. The van der Waals surface area contributed by atoms with Crippen LogP contribution in [-0.2, 0) is 0 Å². The van der Waals surface area contributed by atoms with Crippen LogP contribution in [0.15, 0.2) is 12.1 Å². The molecule has 0 saturated heterocycles. The minimum Gasteiger partial charge on any atom is -0.490 e. The van der Waals surface area contributed by atoms with Gasteiger partial charge in [0.2, 0.25) is 5.75 Å². The monoisotopic (exact) mass is 1070 g/mol. The summed E-state index contributed by atoms with van der Waals surface area (Å²) in [5, 5.41) is 0. The number of ether oxygens (including phenoxy) is 3. The zero-order chi connectivity index (χ0) is 54.4. The Bertz CT molecular complexity index is 1160. The van der Waals surface area contributed by atoms with Crippen LogP contribution in [0.4, 0.5) is 0 Å². The zero-order valence-electron chi connectivity index (χ0n) is 52.9. The second kappa shape index (κ2) is 62.8. The van der Waals surface area contributed by atoms with Crippen molar-refractivity contribution in [3.05, 3.63) is 17.7 Å². The molecule has 0 fully saturated rings. The summed E-state index contributed by atoms with van der Waals surface area (Å²) in [6.45, 7) is 11.4. The van der Waals surface area contributed by atoms with Crippen LogP contribution in [-0.4, -0.2) is 19.8 Å². The van der Waals surface area contributed by atoms with Gasteiger partial charge < -0.3 is 14.2 Å². The summed E-state index contributed by atoms with van der Waals surface area (Å²) in [4.78, 5) is 0. The lowest BCUT2D eigenvalue weighted by Gasteiger charge is -2.18. The molecule has 0 atom stereocenters. The van der Waals surface area contributed by atoms with E-state index in [1.807, 2.05) is 0 Å². The van der Waals surface area contributed by atoms with Crippen LogP contribution in [0.2, 0.25) is 0 Å². The maximum atomic E-state index is 6.60. The zero-order valence-corrected chi connectivity index (χ0v) is 52.9. The molecule has 0 aliphatic carbocycles. The Hall–Kier alpha value is -1.38. The minimum atomic E-state index is 0.743. The van der Waals surface area contributed by atoms with Crippen molar-refractivity contribution in [1.29, 1.82) is 0 Å². The molecule has 0 heterocycles. The van der Waals surface area contributed by atoms with E-state index in [1.165, 1.54) is 372 Å². The molecule has 0 aromatic heterocycles. The molecule has 1 rings (SSSR count). The standard InChI is InChI=1S/C73H140O3/c1-5-8-11-14-17-20-23-26-29-32-35-38-41-44-47-50-53-56-59-62-65-74-71-68-70(4)69-72(75-66-63-60-57-54-51-48-45-42-39-36-33-30-27-24-21-18-15-12-9-6-2)73(71)76-67-64-61-58-55-52-49-46-43-40-37-34-31-28-25-22-19-16-13-10-7-3/h68-69H,5-67H2,1-4H3. The van der Waals surface area contributed by atoms with E-state index in [0.29, 0.717) is 0 Å². The summed E-state index contributed by atoms with van der Waals surface area (Å²) >= 11 is 0. The Morgan fingerprint density at radius 3 is 0.513 bits per heavy atom. The average Bonchev–Trinajstić information content (AvgIpc) is 3.42. The topological polar surface area (TPSA) is 27.7 Å². The molecule has 1 aromatic rings. The van der Waals surface area contributed by atoms with Crippen molar-refractivity contribution in [3.8, 4) is 17.2 Å². The molecule has 0 aliphatic heterocycles. The average molecular weight is 1070 g/mol. The lowest BCUT2D eigenvalue weighted by Crippen LogP contribution is -2.06. The van der Waals surface area contributed by atoms with Gasteiger partial charge in [-0.05, 0) is 43.9 Å². The quantitative estimate of drug-likeness (QED) is 0.0609. The van der Waals surface area contributed by atoms with Gasteiger partial charge in [0.15, 0.2) is 11.5 Å². The number of unbranched alkanes of at least 4 members (excludes halogenated alkanes) is 57. The normalized spacial score (nSPS) is 11.6. The number of hydrogen-bond acceptors (Lipinski definition) is 3. The highest BCUT2D eigenvalue weighted by Crippen LogP contribution is 2.39. The van der Waals surface area contributed by atoms with Gasteiger partial charge >= 0.3 is 0 Å². The second-order valence-corrected chi connectivity index (χ2v) is 24.8. The van der Waals surface area contributed by atoms with Gasteiger partial charge in [0.05, 0.1) is 19.8 Å². The van der Waals surface area contributed by atoms with Crippen LogP contribution in [0, 0.1) is 6.92 Å². The fourth-order valence-electron chi connectivity index (χ4n) is 11.7. The van der Waals surface area contributed by atoms with Gasteiger partial charge in [-0.25, -0.2) is 0 Å². The molecule has 0 amide bonds. The molecule has 0 spiro atoms. The van der Waals surface area contributed by atoms with Gasteiger partial charge in [-0.15, -0.1) is 0 Å². The molecule has 3 nitrogen and oxygen atoms in total. The van der Waals surface area contributed by atoms with Crippen LogP contribution in [0.3, 0.4) is 0 Å². The molecule has 0 N–H and O–H groups in total. The van der Waals surface area contributed by atoms with E-state index in [9.17, 15) is 0 Å². The molecule has 0 unspecified atom stereocenters. The van der Waals surface area contributed by atoms with E-state index in [4.69, 9.17) is 14.2 Å². The van der Waals surface area contributed by atoms with Crippen molar-refractivity contribution in [2.75, 3.05) is 19.8 Å². The van der Waals surface area contributed by atoms with Gasteiger partial charge in [-0.1, -0.05) is 387 Å². The van der Waals surface area contributed by atoms with E-state index >= 15 is 0 Å². The summed E-state index contributed by atoms with van der Waals surface area (Å²) in [6, 6.07) is 4.38. The highest BCUT2D eigenvalue weighted by Gasteiger charge is 2.15. The van der Waals surface area contributed by atoms with Gasteiger partial charge in [0.25, 0.3) is 0 Å². The van der Waals surface area contributed by atoms with Gasteiger partial charge in [-0.2, -0.15) is 0 Å². The lowest BCUT2D eigenvalue weighted by molar-refractivity contribution is 0.234. The Balaban J connectivity index is 2.30. The van der Waals surface area contributed by atoms with Crippen LogP contribution in [0.25, 0.3) is 0 Å². The Kier molecular flexibility index (Phi) is 60.0. The highest BCUT2D eigenvalue weighted by atomic mass is 16.5. The third kappa shape index (κ3) is 53.3. The first-order valence-electron chi connectivity index (χ1n) is 35.8. The molecule has 3 heteroatoms. The van der Waals surface area contributed by atoms with Crippen LogP contribution < -0.4 is 14.2 Å². The van der Waals surface area contributed by atoms with Crippen LogP contribution in [0.5, 0.6) is 17.2 Å². The van der Waals surface area contributed by atoms with E-state index < -0.39 is 0 Å². The van der Waals surface area contributed by atoms with Gasteiger partial charge in [0, 0.05) is 0 Å². The van der Waals surface area contributed by atoms with Crippen molar-refractivity contribution in [2.24, 2.45) is 0 Å². The number of benzene rings is 1. The molecule has 76 heavy (non-hydrogen) atoms. The summed E-state index contributed by atoms with van der Waals surface area (Å²) < 4.78 is 19.7. The first kappa shape index (κ1) is 72.6. The fourth-order valence-corrected chi connectivity index (χ4v) is 11.7. The molecular formula is C73H140O3. The van der Waals surface area contributed by atoms with Crippen molar-refractivity contribution >= 4 is 0 Å². The maximum absolute atomic E-state index is 6.60. The minimum absolute atomic E-state index is 0.743. The lowest BCUT2D eigenvalue weighted by atomic mass is 10.0. The Morgan fingerprint density at radius 1 is 0.197 bits per heavy atom. The van der Waals surface area contributed by atoms with Crippen molar-refractivity contribution in [2.45, 2.75) is 413 Å². The van der Waals surface area contributed by atoms with Crippen LogP contribution in [0.1, 0.15) is 412 Å². The van der Waals surface area contributed by atoms with Gasteiger partial charge in [0.1, 0.15) is 0 Å². The second-order valence-electron chi connectivity index (χ2n) is 24.8. The summed E-state index contributed by atoms with van der Waals surface area (Å²) in [5.41, 5.74) is 1.20. The molecular weight excluding hydrogens is 925 g/mol. The Labute approximate surface area is 479 Å². The highest BCUT2D eigenvalue weighted by molar-refractivity contribution is 5.53. The van der Waals surface area contributed by atoms with Crippen molar-refractivity contribution in [1.82, 2.24) is 0 Å². The molecule has 1 aromatic carbocycles. The van der Waals surface area contributed by atoms with Crippen LogP contribution >= 0.6 is 0 Å². The number of aryl methyl sites for hydroxylation is 1. The molecule has 0 saturated carbocycles. The fraction of sp³-hybridized carbons (Fsp3) is 0.918. The first-order valence-corrected chi connectivity index (χ1v) is 35.8. The van der Waals surface area contributed by atoms with Crippen molar-refractivity contribution in [3.63, 3.8) is 0 Å². The smallest absolute Gasteiger partial charge is 0.203 e. The summed E-state index contributed by atoms with van der Waals surface area (Å²) in [7, 11) is 0. The van der Waals surface area contributed by atoms with Gasteiger partial charge in [-0.3, -0.25) is 0 Å². The van der Waals surface area contributed by atoms with E-state index in [2.05, 4.69) is 39.8 Å². The number of rotatable bonds is 66. The van der Waals surface area contributed by atoms with E-state index in [1.54, 1.807) is 0 Å². The first-order chi connectivity index (χ1) is 37.7. The summed E-state index contributed by atoms with van der Waals surface area (Å²) in [6.07, 6.45) is 84.4. The van der Waals surface area contributed by atoms with E-state index in [0.717, 1.165) is 56.3 Å². The van der Waals surface area contributed by atoms with E-state index in [-0.39, 0.29) is 0 Å². The Morgan fingerprint density at radius 2 is 0.342 bits per heavy atom. The predicted molar refractivity (Wildman–Crippen MR) is 342 cm³/mol. The molecule has 0 aliphatic rings. The SMILES string of the molecule is CCCCCCCCCCCCCCCCCCCCCCOc1cc(C)cc(OCCCCCCCCCCCCCCCCCCCCCC)c1OCCCCCCCCCCCCCCCCCCCCCC. The van der Waals surface area contributed by atoms with Crippen molar-refractivity contribution < 1.29 is 14.2 Å². The maximum Gasteiger partial charge on any atom is 0.203 e.